The molecule has 0 unspecified atom stereocenters. The van der Waals surface area contributed by atoms with Gasteiger partial charge in [-0.25, -0.2) is 4.98 Å². The van der Waals surface area contributed by atoms with Crippen LogP contribution >= 0.6 is 22.7 Å². The molecule has 140 valence electrons. The molecule has 1 aromatic carbocycles. The molecule has 4 nitrogen and oxygen atoms in total. The third-order valence-electron chi connectivity index (χ3n) is 4.96. The fourth-order valence-corrected chi connectivity index (χ4v) is 4.89. The molecule has 6 heteroatoms. The SMILES string of the molecule is Cc1ccc(OC2CCN(C(=O)c3cnc(-c4cccs4)s3)CC2)cc1C. The Bertz CT molecular complexity index is 926. The Morgan fingerprint density at radius 3 is 2.70 bits per heavy atom. The second kappa shape index (κ2) is 7.82. The van der Waals surface area contributed by atoms with Crippen LogP contribution in [0.15, 0.2) is 41.9 Å². The molecule has 3 heterocycles. The van der Waals surface area contributed by atoms with Crippen molar-refractivity contribution in [3.05, 3.63) is 57.9 Å². The first-order chi connectivity index (χ1) is 13.1. The van der Waals surface area contributed by atoms with E-state index in [1.807, 2.05) is 28.5 Å². The number of likely N-dealkylation sites (tertiary alicyclic amines) is 1. The minimum absolute atomic E-state index is 0.0833. The smallest absolute Gasteiger partial charge is 0.265 e. The van der Waals surface area contributed by atoms with E-state index < -0.39 is 0 Å². The molecule has 0 N–H and O–H groups in total. The standard InChI is InChI=1S/C21H22N2O2S2/c1-14-5-6-17(12-15(14)2)25-16-7-9-23(10-8-16)21(24)19-13-22-20(27-19)18-4-3-11-26-18/h3-6,11-13,16H,7-10H2,1-2H3. The third kappa shape index (κ3) is 4.06. The van der Waals surface area contributed by atoms with E-state index in [9.17, 15) is 4.79 Å². The van der Waals surface area contributed by atoms with Crippen molar-refractivity contribution < 1.29 is 9.53 Å². The Morgan fingerprint density at radius 1 is 1.19 bits per heavy atom. The van der Waals surface area contributed by atoms with Crippen LogP contribution in [0.3, 0.4) is 0 Å². The van der Waals surface area contributed by atoms with E-state index in [0.717, 1.165) is 41.6 Å². The van der Waals surface area contributed by atoms with Crippen LogP contribution in [0.5, 0.6) is 5.75 Å². The zero-order chi connectivity index (χ0) is 18.8. The normalized spacial score (nSPS) is 15.1. The van der Waals surface area contributed by atoms with Gasteiger partial charge in [-0.3, -0.25) is 4.79 Å². The molecule has 3 aromatic rings. The van der Waals surface area contributed by atoms with Gasteiger partial charge in [0.25, 0.3) is 5.91 Å². The lowest BCUT2D eigenvalue weighted by Crippen LogP contribution is -2.41. The molecular weight excluding hydrogens is 376 g/mol. The molecule has 4 rings (SSSR count). The van der Waals surface area contributed by atoms with Gasteiger partial charge in [0.1, 0.15) is 21.7 Å². The summed E-state index contributed by atoms with van der Waals surface area (Å²) in [4.78, 5) is 21.0. The molecule has 1 saturated heterocycles. The molecule has 0 saturated carbocycles. The second-order valence-corrected chi connectivity index (χ2v) is 8.84. The first kappa shape index (κ1) is 18.2. The van der Waals surface area contributed by atoms with E-state index in [1.165, 1.54) is 22.5 Å². The summed E-state index contributed by atoms with van der Waals surface area (Å²) in [5.74, 6) is 1.01. The van der Waals surface area contributed by atoms with Crippen LogP contribution < -0.4 is 4.74 Å². The largest absolute Gasteiger partial charge is 0.490 e. The Balaban J connectivity index is 1.34. The molecule has 0 aliphatic carbocycles. The highest BCUT2D eigenvalue weighted by Crippen LogP contribution is 2.30. The zero-order valence-corrected chi connectivity index (χ0v) is 17.1. The highest BCUT2D eigenvalue weighted by Gasteiger charge is 2.26. The van der Waals surface area contributed by atoms with Crippen LogP contribution in [-0.4, -0.2) is 35.0 Å². The van der Waals surface area contributed by atoms with Gasteiger partial charge in [-0.1, -0.05) is 12.1 Å². The number of amides is 1. The van der Waals surface area contributed by atoms with Gasteiger partial charge in [0.15, 0.2) is 0 Å². The number of carbonyl (C=O) groups is 1. The number of aryl methyl sites for hydroxylation is 2. The van der Waals surface area contributed by atoms with Gasteiger partial charge in [0.05, 0.1) is 11.1 Å². The highest BCUT2D eigenvalue weighted by atomic mass is 32.1. The summed E-state index contributed by atoms with van der Waals surface area (Å²) in [6.07, 6.45) is 3.59. The summed E-state index contributed by atoms with van der Waals surface area (Å²) in [6.45, 7) is 5.65. The number of piperidine rings is 1. The van der Waals surface area contributed by atoms with Crippen molar-refractivity contribution in [1.29, 1.82) is 0 Å². The van der Waals surface area contributed by atoms with Gasteiger partial charge in [0.2, 0.25) is 0 Å². The van der Waals surface area contributed by atoms with E-state index in [1.54, 1.807) is 17.5 Å². The van der Waals surface area contributed by atoms with Crippen molar-refractivity contribution in [2.75, 3.05) is 13.1 Å². The average molecular weight is 399 g/mol. The Labute approximate surface area is 167 Å². The van der Waals surface area contributed by atoms with Crippen LogP contribution in [0.4, 0.5) is 0 Å². The Hall–Kier alpha value is -2.18. The molecule has 27 heavy (non-hydrogen) atoms. The number of aromatic nitrogens is 1. The lowest BCUT2D eigenvalue weighted by molar-refractivity contribution is 0.0600. The van der Waals surface area contributed by atoms with Crippen molar-refractivity contribution in [3.8, 4) is 15.6 Å². The van der Waals surface area contributed by atoms with Crippen molar-refractivity contribution in [1.82, 2.24) is 9.88 Å². The predicted molar refractivity (Wildman–Crippen MR) is 111 cm³/mol. The van der Waals surface area contributed by atoms with Crippen LogP contribution in [-0.2, 0) is 0 Å². The molecule has 0 radical (unpaired) electrons. The van der Waals surface area contributed by atoms with Gasteiger partial charge in [-0.05, 0) is 48.6 Å². The number of benzene rings is 1. The fraction of sp³-hybridized carbons (Fsp3) is 0.333. The first-order valence-electron chi connectivity index (χ1n) is 9.13. The van der Waals surface area contributed by atoms with Crippen LogP contribution in [0.25, 0.3) is 9.88 Å². The molecule has 1 aliphatic rings. The number of thiophene rings is 1. The lowest BCUT2D eigenvalue weighted by atomic mass is 10.1. The van der Waals surface area contributed by atoms with Crippen LogP contribution in [0.1, 0.15) is 33.6 Å². The lowest BCUT2D eigenvalue weighted by Gasteiger charge is -2.32. The fourth-order valence-electron chi connectivity index (χ4n) is 3.20. The van der Waals surface area contributed by atoms with E-state index >= 15 is 0 Å². The van der Waals surface area contributed by atoms with E-state index in [0.29, 0.717) is 4.88 Å². The summed E-state index contributed by atoms with van der Waals surface area (Å²) < 4.78 is 6.13. The number of thiazole rings is 1. The second-order valence-electron chi connectivity index (χ2n) is 6.86. The Kier molecular flexibility index (Phi) is 5.27. The molecule has 1 fully saturated rings. The summed E-state index contributed by atoms with van der Waals surface area (Å²) >= 11 is 3.12. The minimum Gasteiger partial charge on any atom is -0.490 e. The maximum atomic E-state index is 12.8. The number of ether oxygens (including phenoxy) is 1. The molecule has 1 aliphatic heterocycles. The van der Waals surface area contributed by atoms with Crippen molar-refractivity contribution in [2.45, 2.75) is 32.8 Å². The van der Waals surface area contributed by atoms with Gasteiger partial charge in [0, 0.05) is 25.9 Å². The maximum Gasteiger partial charge on any atom is 0.265 e. The Morgan fingerprint density at radius 2 is 2.00 bits per heavy atom. The third-order valence-corrected chi connectivity index (χ3v) is 6.98. The average Bonchev–Trinajstić information content (AvgIpc) is 3.36. The van der Waals surface area contributed by atoms with Crippen LogP contribution in [0.2, 0.25) is 0 Å². The molecule has 0 atom stereocenters. The van der Waals surface area contributed by atoms with Crippen molar-refractivity contribution in [3.63, 3.8) is 0 Å². The molecule has 2 aromatic heterocycles. The maximum absolute atomic E-state index is 12.8. The topological polar surface area (TPSA) is 42.4 Å². The number of hydrogen-bond donors (Lipinski definition) is 0. The molecule has 0 bridgehead atoms. The van der Waals surface area contributed by atoms with E-state index in [4.69, 9.17) is 4.74 Å². The quantitative estimate of drug-likeness (QED) is 0.609. The monoisotopic (exact) mass is 398 g/mol. The number of hydrogen-bond acceptors (Lipinski definition) is 5. The van der Waals surface area contributed by atoms with Gasteiger partial charge in [-0.2, -0.15) is 0 Å². The first-order valence-corrected chi connectivity index (χ1v) is 10.8. The van der Waals surface area contributed by atoms with Gasteiger partial charge in [-0.15, -0.1) is 22.7 Å². The van der Waals surface area contributed by atoms with Gasteiger partial charge < -0.3 is 9.64 Å². The summed E-state index contributed by atoms with van der Waals surface area (Å²) in [5, 5.41) is 2.94. The number of nitrogens with zero attached hydrogens (tertiary/aromatic N) is 2. The number of rotatable bonds is 4. The van der Waals surface area contributed by atoms with E-state index in [-0.39, 0.29) is 12.0 Å². The van der Waals surface area contributed by atoms with Crippen molar-refractivity contribution >= 4 is 28.6 Å². The van der Waals surface area contributed by atoms with Gasteiger partial charge >= 0.3 is 0 Å². The summed E-state index contributed by atoms with van der Waals surface area (Å²) in [5.41, 5.74) is 2.51. The van der Waals surface area contributed by atoms with Crippen LogP contribution in [0, 0.1) is 13.8 Å². The summed E-state index contributed by atoms with van der Waals surface area (Å²) in [7, 11) is 0. The highest BCUT2D eigenvalue weighted by molar-refractivity contribution is 7.21. The minimum atomic E-state index is 0.0833. The zero-order valence-electron chi connectivity index (χ0n) is 15.5. The predicted octanol–water partition coefficient (Wildman–Crippen LogP) is 5.17. The number of carbonyl (C=O) groups excluding carboxylic acids is 1. The van der Waals surface area contributed by atoms with E-state index in [2.05, 4.69) is 31.0 Å². The molecule has 1 amide bonds. The summed E-state index contributed by atoms with van der Waals surface area (Å²) in [6, 6.07) is 10.3. The molecule has 0 spiro atoms. The molecular formula is C21H22N2O2S2. The van der Waals surface area contributed by atoms with Crippen molar-refractivity contribution in [2.24, 2.45) is 0 Å².